The minimum Gasteiger partial charge on any atom is -0.507 e. The van der Waals surface area contributed by atoms with Crippen molar-refractivity contribution in [1.29, 1.82) is 0 Å². The number of benzene rings is 1. The van der Waals surface area contributed by atoms with Gasteiger partial charge in [-0.25, -0.2) is 0 Å². The van der Waals surface area contributed by atoms with Crippen LogP contribution in [0.2, 0.25) is 0 Å². The molecular weight excluding hydrogens is 372 g/mol. The second kappa shape index (κ2) is 8.96. The molecule has 3 rings (SSSR count). The van der Waals surface area contributed by atoms with Crippen molar-refractivity contribution in [3.8, 4) is 5.75 Å². The molecule has 7 heteroatoms. The number of Topliss-reactive ketones (excluding diaryl/α,β-unsaturated/α-hetero) is 1. The standard InChI is InChI=1S/C22H26N2O5/c1-4-23(5-2)11-12-24-19(17-10-7-13-29-17)18(21(26)22(24)27)20(25)15-8-6-9-16(14-15)28-3/h6-10,13-14,19,25H,4-5,11-12H2,1-3H3/p+1/t19-/m0/s1. The summed E-state index contributed by atoms with van der Waals surface area (Å²) in [5.41, 5.74) is 0.445. The van der Waals surface area contributed by atoms with Gasteiger partial charge in [-0.2, -0.15) is 0 Å². The van der Waals surface area contributed by atoms with Crippen LogP contribution in [0.1, 0.15) is 31.2 Å². The van der Waals surface area contributed by atoms with Crippen molar-refractivity contribution in [2.45, 2.75) is 19.9 Å². The van der Waals surface area contributed by atoms with E-state index in [-0.39, 0.29) is 11.3 Å². The number of carbonyl (C=O) groups excluding carboxylic acids is 2. The number of furan rings is 1. The Labute approximate surface area is 170 Å². The fraction of sp³-hybridized carbons (Fsp3) is 0.364. The Hall–Kier alpha value is -3.06. The van der Waals surface area contributed by atoms with E-state index in [9.17, 15) is 14.7 Å². The number of nitrogens with zero attached hydrogens (tertiary/aromatic N) is 1. The molecule has 1 aliphatic heterocycles. The number of ketones is 1. The third-order valence-electron chi connectivity index (χ3n) is 5.40. The minimum atomic E-state index is -0.758. The predicted octanol–water partition coefficient (Wildman–Crippen LogP) is 1.63. The van der Waals surface area contributed by atoms with Crippen LogP contribution in [0.15, 0.2) is 52.7 Å². The summed E-state index contributed by atoms with van der Waals surface area (Å²) >= 11 is 0. The van der Waals surface area contributed by atoms with E-state index < -0.39 is 17.7 Å². The molecule has 1 amide bonds. The van der Waals surface area contributed by atoms with Gasteiger partial charge in [0, 0.05) is 5.56 Å². The number of aliphatic hydroxyl groups excluding tert-OH is 1. The molecule has 2 N–H and O–H groups in total. The van der Waals surface area contributed by atoms with Gasteiger partial charge in [0.25, 0.3) is 11.7 Å². The van der Waals surface area contributed by atoms with Crippen LogP contribution in [-0.2, 0) is 9.59 Å². The Bertz CT molecular complexity index is 900. The number of hydrogen-bond acceptors (Lipinski definition) is 5. The van der Waals surface area contributed by atoms with Crippen LogP contribution in [0.5, 0.6) is 5.75 Å². The smallest absolute Gasteiger partial charge is 0.295 e. The summed E-state index contributed by atoms with van der Waals surface area (Å²) in [5.74, 6) is -0.573. The zero-order chi connectivity index (χ0) is 21.0. The van der Waals surface area contributed by atoms with E-state index in [1.54, 1.807) is 36.4 Å². The molecule has 0 spiro atoms. The summed E-state index contributed by atoms with van der Waals surface area (Å²) in [5, 5.41) is 11.0. The number of ether oxygens (including phenoxy) is 1. The third kappa shape index (κ3) is 4.05. The zero-order valence-electron chi connectivity index (χ0n) is 17.0. The van der Waals surface area contributed by atoms with E-state index in [0.29, 0.717) is 30.2 Å². The molecular formula is C22H27N2O5+. The molecule has 1 fully saturated rings. The van der Waals surface area contributed by atoms with E-state index in [1.807, 2.05) is 0 Å². The van der Waals surface area contributed by atoms with Crippen molar-refractivity contribution in [3.63, 3.8) is 0 Å². The van der Waals surface area contributed by atoms with Gasteiger partial charge in [0.05, 0.1) is 45.1 Å². The fourth-order valence-corrected chi connectivity index (χ4v) is 3.66. The molecule has 0 aliphatic carbocycles. The topological polar surface area (TPSA) is 84.4 Å². The third-order valence-corrected chi connectivity index (χ3v) is 5.40. The number of rotatable bonds is 8. The molecule has 1 aromatic heterocycles. The van der Waals surface area contributed by atoms with Crippen LogP contribution in [0.25, 0.3) is 5.76 Å². The maximum Gasteiger partial charge on any atom is 0.295 e. The molecule has 0 radical (unpaired) electrons. The lowest BCUT2D eigenvalue weighted by Gasteiger charge is -2.25. The van der Waals surface area contributed by atoms with Gasteiger partial charge in [-0.05, 0) is 38.1 Å². The largest absolute Gasteiger partial charge is 0.507 e. The molecule has 7 nitrogen and oxygen atoms in total. The Morgan fingerprint density at radius 2 is 1.97 bits per heavy atom. The van der Waals surface area contributed by atoms with Crippen LogP contribution < -0.4 is 9.64 Å². The van der Waals surface area contributed by atoms with Gasteiger partial charge < -0.3 is 24.1 Å². The van der Waals surface area contributed by atoms with Crippen LogP contribution in [-0.4, -0.2) is 55.0 Å². The summed E-state index contributed by atoms with van der Waals surface area (Å²) < 4.78 is 10.8. The average molecular weight is 399 g/mol. The Morgan fingerprint density at radius 3 is 2.59 bits per heavy atom. The van der Waals surface area contributed by atoms with Crippen molar-refractivity contribution in [2.75, 3.05) is 33.3 Å². The average Bonchev–Trinajstić information content (AvgIpc) is 3.36. The number of aliphatic hydroxyl groups is 1. The van der Waals surface area contributed by atoms with Gasteiger partial charge in [0.1, 0.15) is 23.3 Å². The molecule has 154 valence electrons. The van der Waals surface area contributed by atoms with E-state index >= 15 is 0 Å². The molecule has 0 saturated carbocycles. The van der Waals surface area contributed by atoms with Gasteiger partial charge in [0.15, 0.2) is 0 Å². The number of hydrogen-bond donors (Lipinski definition) is 2. The number of quaternary nitrogens is 1. The van der Waals surface area contributed by atoms with Gasteiger partial charge in [0.2, 0.25) is 0 Å². The minimum absolute atomic E-state index is 0.0350. The molecule has 0 unspecified atom stereocenters. The van der Waals surface area contributed by atoms with E-state index in [2.05, 4.69) is 13.8 Å². The second-order valence-electron chi connectivity index (χ2n) is 6.95. The highest BCUT2D eigenvalue weighted by atomic mass is 16.5. The molecule has 2 aromatic rings. The number of carbonyl (C=O) groups is 2. The maximum absolute atomic E-state index is 12.9. The number of nitrogens with one attached hydrogen (secondary N) is 1. The molecule has 1 saturated heterocycles. The summed E-state index contributed by atoms with van der Waals surface area (Å²) in [6.07, 6.45) is 1.50. The quantitative estimate of drug-likeness (QED) is 0.401. The molecule has 1 atom stereocenters. The number of likely N-dealkylation sites (N-methyl/N-ethyl adjacent to an activating group) is 1. The fourth-order valence-electron chi connectivity index (χ4n) is 3.66. The monoisotopic (exact) mass is 399 g/mol. The molecule has 29 heavy (non-hydrogen) atoms. The van der Waals surface area contributed by atoms with Crippen molar-refractivity contribution in [1.82, 2.24) is 4.90 Å². The normalized spacial score (nSPS) is 18.6. The lowest BCUT2D eigenvalue weighted by molar-refractivity contribution is -0.895. The van der Waals surface area contributed by atoms with Crippen LogP contribution in [0.3, 0.4) is 0 Å². The van der Waals surface area contributed by atoms with Gasteiger partial charge in [-0.1, -0.05) is 12.1 Å². The van der Waals surface area contributed by atoms with Crippen molar-refractivity contribution in [2.24, 2.45) is 0 Å². The Balaban J connectivity index is 2.05. The number of amides is 1. The highest BCUT2D eigenvalue weighted by molar-refractivity contribution is 6.46. The molecule has 0 bridgehead atoms. The first kappa shape index (κ1) is 20.7. The Kier molecular flexibility index (Phi) is 6.39. The molecule has 1 aliphatic rings. The predicted molar refractivity (Wildman–Crippen MR) is 108 cm³/mol. The first-order valence-corrected chi connectivity index (χ1v) is 9.81. The van der Waals surface area contributed by atoms with E-state index in [4.69, 9.17) is 9.15 Å². The van der Waals surface area contributed by atoms with Gasteiger partial charge in [-0.3, -0.25) is 9.59 Å². The Morgan fingerprint density at radius 1 is 1.21 bits per heavy atom. The highest BCUT2D eigenvalue weighted by Crippen LogP contribution is 2.39. The zero-order valence-corrected chi connectivity index (χ0v) is 17.0. The first-order valence-electron chi connectivity index (χ1n) is 9.81. The number of likely N-dealkylation sites (tertiary alicyclic amines) is 1. The second-order valence-corrected chi connectivity index (χ2v) is 6.95. The van der Waals surface area contributed by atoms with E-state index in [1.165, 1.54) is 23.2 Å². The van der Waals surface area contributed by atoms with Crippen LogP contribution >= 0.6 is 0 Å². The summed E-state index contributed by atoms with van der Waals surface area (Å²) in [6.45, 7) is 7.11. The van der Waals surface area contributed by atoms with Crippen molar-refractivity contribution in [3.05, 3.63) is 59.6 Å². The van der Waals surface area contributed by atoms with Crippen molar-refractivity contribution >= 4 is 17.4 Å². The molecule has 1 aromatic carbocycles. The van der Waals surface area contributed by atoms with Crippen molar-refractivity contribution < 1.29 is 28.7 Å². The van der Waals surface area contributed by atoms with E-state index in [0.717, 1.165) is 13.1 Å². The lowest BCUT2D eigenvalue weighted by atomic mass is 9.99. The molecule has 2 heterocycles. The highest BCUT2D eigenvalue weighted by Gasteiger charge is 2.47. The van der Waals surface area contributed by atoms with Crippen LogP contribution in [0, 0.1) is 0 Å². The first-order chi connectivity index (χ1) is 14.0. The summed E-state index contributed by atoms with van der Waals surface area (Å²) in [6, 6.07) is 9.42. The van der Waals surface area contributed by atoms with Gasteiger partial charge >= 0.3 is 0 Å². The summed E-state index contributed by atoms with van der Waals surface area (Å²) in [4.78, 5) is 28.5. The number of methoxy groups -OCH3 is 1. The van der Waals surface area contributed by atoms with Crippen LogP contribution in [0.4, 0.5) is 0 Å². The maximum atomic E-state index is 12.9. The lowest BCUT2D eigenvalue weighted by Crippen LogP contribution is -3.12. The van der Waals surface area contributed by atoms with Gasteiger partial charge in [-0.15, -0.1) is 0 Å². The summed E-state index contributed by atoms with van der Waals surface area (Å²) in [7, 11) is 1.52. The SMILES string of the molecule is CC[NH+](CC)CCN1C(=O)C(=O)C(=C(O)c2cccc(OC)c2)[C@@H]1c1ccco1.